The molecule has 1 heterocycles. The van der Waals surface area contributed by atoms with Crippen LogP contribution in [-0.4, -0.2) is 31.0 Å². The van der Waals surface area contributed by atoms with Crippen molar-refractivity contribution < 1.29 is 14.4 Å². The average Bonchev–Trinajstić information content (AvgIpc) is 2.39. The van der Waals surface area contributed by atoms with Crippen LogP contribution in [0, 0.1) is 5.92 Å². The Bertz CT molecular complexity index is 344. The van der Waals surface area contributed by atoms with Crippen LogP contribution < -0.4 is 16.5 Å². The lowest BCUT2D eigenvalue weighted by molar-refractivity contribution is -0.138. The molecule has 0 radical (unpaired) electrons. The minimum absolute atomic E-state index is 0.102. The van der Waals surface area contributed by atoms with Crippen molar-refractivity contribution in [1.29, 1.82) is 0 Å². The molecule has 1 rings (SSSR count). The van der Waals surface area contributed by atoms with Gasteiger partial charge in [-0.2, -0.15) is 0 Å². The van der Waals surface area contributed by atoms with Crippen molar-refractivity contribution in [2.24, 2.45) is 11.7 Å². The Hall–Kier alpha value is -1.40. The van der Waals surface area contributed by atoms with Gasteiger partial charge in [-0.25, -0.2) is 5.48 Å². The molecule has 2 amide bonds. The van der Waals surface area contributed by atoms with Crippen molar-refractivity contribution in [1.82, 2.24) is 10.8 Å². The Balaban J connectivity index is 2.58. The Morgan fingerprint density at radius 2 is 2.32 bits per heavy atom. The maximum Gasteiger partial charge on any atom is 0.246 e. The predicted octanol–water partition coefficient (Wildman–Crippen LogP) is 0.244. The quantitative estimate of drug-likeness (QED) is 0.379. The molecule has 4 N–H and O–H groups in total. The molecule has 0 aromatic heterocycles. The van der Waals surface area contributed by atoms with E-state index >= 15 is 0 Å². The molecule has 108 valence electrons. The molecule has 0 aromatic carbocycles. The topological polar surface area (TPSA) is 93.4 Å². The third-order valence-electron chi connectivity index (χ3n) is 3.27. The van der Waals surface area contributed by atoms with Crippen LogP contribution in [0.25, 0.3) is 0 Å². The molecule has 0 spiro atoms. The van der Waals surface area contributed by atoms with E-state index in [9.17, 15) is 9.59 Å². The van der Waals surface area contributed by atoms with Crippen LogP contribution in [-0.2, 0) is 14.4 Å². The normalized spacial score (nSPS) is 24.3. The van der Waals surface area contributed by atoms with Gasteiger partial charge in [-0.15, -0.1) is 0 Å². The first-order valence-corrected chi connectivity index (χ1v) is 6.68. The average molecular weight is 269 g/mol. The molecule has 1 fully saturated rings. The smallest absolute Gasteiger partial charge is 0.246 e. The molecule has 1 saturated heterocycles. The van der Waals surface area contributed by atoms with Crippen molar-refractivity contribution in [2.75, 3.05) is 13.2 Å². The second-order valence-corrected chi connectivity index (χ2v) is 4.76. The summed E-state index contributed by atoms with van der Waals surface area (Å²) in [4.78, 5) is 28.6. The lowest BCUT2D eigenvalue weighted by atomic mass is 9.89. The van der Waals surface area contributed by atoms with Crippen LogP contribution in [0.15, 0.2) is 12.2 Å². The number of rotatable bonds is 5. The molecule has 0 aliphatic carbocycles. The fourth-order valence-corrected chi connectivity index (χ4v) is 2.05. The SMILES string of the molecule is C=C1CC(C(=O)NOCCN)CCC(CC)NC1=O. The van der Waals surface area contributed by atoms with Gasteiger partial charge in [0.25, 0.3) is 0 Å². The highest BCUT2D eigenvalue weighted by atomic mass is 16.6. The molecule has 0 aromatic rings. The van der Waals surface area contributed by atoms with E-state index in [1.807, 2.05) is 6.92 Å². The summed E-state index contributed by atoms with van der Waals surface area (Å²) in [7, 11) is 0. The van der Waals surface area contributed by atoms with Gasteiger partial charge < -0.3 is 11.1 Å². The first kappa shape index (κ1) is 15.7. The van der Waals surface area contributed by atoms with Crippen LogP contribution in [0.1, 0.15) is 32.6 Å². The molecular weight excluding hydrogens is 246 g/mol. The molecule has 6 nitrogen and oxygen atoms in total. The van der Waals surface area contributed by atoms with E-state index in [2.05, 4.69) is 17.4 Å². The summed E-state index contributed by atoms with van der Waals surface area (Å²) in [5, 5.41) is 2.91. The number of hydroxylamine groups is 1. The van der Waals surface area contributed by atoms with E-state index in [0.29, 0.717) is 25.0 Å². The van der Waals surface area contributed by atoms with E-state index < -0.39 is 0 Å². The number of nitrogens with one attached hydrogen (secondary N) is 2. The van der Waals surface area contributed by atoms with Crippen molar-refractivity contribution in [3.63, 3.8) is 0 Å². The van der Waals surface area contributed by atoms with Crippen LogP contribution in [0.2, 0.25) is 0 Å². The number of carbonyl (C=O) groups excluding carboxylic acids is 2. The molecule has 1 aliphatic heterocycles. The molecule has 1 aliphatic rings. The van der Waals surface area contributed by atoms with E-state index in [0.717, 1.165) is 12.8 Å². The highest BCUT2D eigenvalue weighted by Gasteiger charge is 2.26. The van der Waals surface area contributed by atoms with Gasteiger partial charge in [0.15, 0.2) is 0 Å². The summed E-state index contributed by atoms with van der Waals surface area (Å²) in [6.45, 7) is 6.37. The lowest BCUT2D eigenvalue weighted by Gasteiger charge is -2.25. The Labute approximate surface area is 113 Å². The Morgan fingerprint density at radius 3 is 2.95 bits per heavy atom. The third-order valence-corrected chi connectivity index (χ3v) is 3.27. The highest BCUT2D eigenvalue weighted by Crippen LogP contribution is 2.21. The number of hydrogen-bond acceptors (Lipinski definition) is 4. The predicted molar refractivity (Wildman–Crippen MR) is 71.9 cm³/mol. The maximum atomic E-state index is 11.9. The van der Waals surface area contributed by atoms with Crippen LogP contribution in [0.5, 0.6) is 0 Å². The minimum Gasteiger partial charge on any atom is -0.350 e. The second-order valence-electron chi connectivity index (χ2n) is 4.76. The van der Waals surface area contributed by atoms with Gasteiger partial charge in [-0.1, -0.05) is 13.5 Å². The Morgan fingerprint density at radius 1 is 1.58 bits per heavy atom. The number of hydrogen-bond donors (Lipinski definition) is 3. The summed E-state index contributed by atoms with van der Waals surface area (Å²) in [5.74, 6) is -0.642. The van der Waals surface area contributed by atoms with Gasteiger partial charge in [0.2, 0.25) is 11.8 Å². The molecule has 2 unspecified atom stereocenters. The highest BCUT2D eigenvalue weighted by molar-refractivity contribution is 5.94. The van der Waals surface area contributed by atoms with Crippen LogP contribution in [0.4, 0.5) is 0 Å². The van der Waals surface area contributed by atoms with Gasteiger partial charge in [0.05, 0.1) is 6.61 Å². The summed E-state index contributed by atoms with van der Waals surface area (Å²) in [6.07, 6.45) is 2.69. The van der Waals surface area contributed by atoms with Crippen LogP contribution >= 0.6 is 0 Å². The van der Waals surface area contributed by atoms with Gasteiger partial charge in [-0.05, 0) is 25.7 Å². The van der Waals surface area contributed by atoms with E-state index in [1.54, 1.807) is 0 Å². The van der Waals surface area contributed by atoms with Gasteiger partial charge in [0.1, 0.15) is 0 Å². The standard InChI is InChI=1S/C13H23N3O3/c1-3-11-5-4-10(8-9(2)12(17)15-11)13(18)16-19-7-6-14/h10-11H,2-8,14H2,1H3,(H,15,17)(H,16,18). The maximum absolute atomic E-state index is 11.9. The van der Waals surface area contributed by atoms with E-state index in [-0.39, 0.29) is 30.4 Å². The molecule has 6 heteroatoms. The zero-order valence-electron chi connectivity index (χ0n) is 11.4. The van der Waals surface area contributed by atoms with Crippen molar-refractivity contribution in [3.05, 3.63) is 12.2 Å². The summed E-state index contributed by atoms with van der Waals surface area (Å²) >= 11 is 0. The van der Waals surface area contributed by atoms with E-state index in [1.165, 1.54) is 0 Å². The second kappa shape index (κ2) is 7.91. The first-order chi connectivity index (χ1) is 9.08. The number of amides is 2. The first-order valence-electron chi connectivity index (χ1n) is 6.68. The van der Waals surface area contributed by atoms with Crippen molar-refractivity contribution >= 4 is 11.8 Å². The number of carbonyl (C=O) groups is 2. The third kappa shape index (κ3) is 5.00. The molecule has 2 atom stereocenters. The fraction of sp³-hybridized carbons (Fsp3) is 0.692. The fourth-order valence-electron chi connectivity index (χ4n) is 2.05. The number of nitrogens with two attached hydrogens (primary N) is 1. The minimum atomic E-state index is -0.273. The van der Waals surface area contributed by atoms with Gasteiger partial charge >= 0.3 is 0 Å². The lowest BCUT2D eigenvalue weighted by Crippen LogP contribution is -2.40. The van der Waals surface area contributed by atoms with Crippen molar-refractivity contribution in [3.8, 4) is 0 Å². The molecule has 19 heavy (non-hydrogen) atoms. The van der Waals surface area contributed by atoms with Gasteiger partial charge in [-0.3, -0.25) is 14.4 Å². The summed E-state index contributed by atoms with van der Waals surface area (Å²) in [6, 6.07) is 0.102. The molecule has 0 bridgehead atoms. The van der Waals surface area contributed by atoms with Crippen LogP contribution in [0.3, 0.4) is 0 Å². The monoisotopic (exact) mass is 269 g/mol. The van der Waals surface area contributed by atoms with Crippen molar-refractivity contribution in [2.45, 2.75) is 38.6 Å². The summed E-state index contributed by atoms with van der Waals surface area (Å²) < 4.78 is 0. The molecule has 0 saturated carbocycles. The zero-order valence-corrected chi connectivity index (χ0v) is 11.4. The Kier molecular flexibility index (Phi) is 6.52. The van der Waals surface area contributed by atoms with E-state index in [4.69, 9.17) is 10.6 Å². The molecular formula is C13H23N3O3. The van der Waals surface area contributed by atoms with Gasteiger partial charge in [0, 0.05) is 24.1 Å². The zero-order chi connectivity index (χ0) is 14.3. The largest absolute Gasteiger partial charge is 0.350 e. The summed E-state index contributed by atoms with van der Waals surface area (Å²) in [5.41, 5.74) is 8.09.